The fourth-order valence-electron chi connectivity index (χ4n) is 2.24. The SMILES string of the molecule is CO[C@@](C)(CNC(=O)C1CCC1)c1ccccc1F. The number of methoxy groups -OCH3 is 1. The van der Waals surface area contributed by atoms with Gasteiger partial charge < -0.3 is 10.1 Å². The van der Waals surface area contributed by atoms with Crippen molar-refractivity contribution in [1.29, 1.82) is 0 Å². The van der Waals surface area contributed by atoms with Gasteiger partial charge in [0, 0.05) is 18.6 Å². The first-order valence-corrected chi connectivity index (χ1v) is 6.65. The minimum absolute atomic E-state index is 0.0471. The van der Waals surface area contributed by atoms with Crippen LogP contribution in [0.15, 0.2) is 24.3 Å². The van der Waals surface area contributed by atoms with Gasteiger partial charge in [0.2, 0.25) is 5.91 Å². The zero-order valence-corrected chi connectivity index (χ0v) is 11.4. The van der Waals surface area contributed by atoms with Crippen LogP contribution in [0.1, 0.15) is 31.7 Å². The molecule has 1 saturated carbocycles. The molecule has 4 heteroatoms. The van der Waals surface area contributed by atoms with Crippen LogP contribution in [0.25, 0.3) is 0 Å². The number of hydrogen-bond donors (Lipinski definition) is 1. The van der Waals surface area contributed by atoms with Crippen LogP contribution >= 0.6 is 0 Å². The van der Waals surface area contributed by atoms with Gasteiger partial charge in [0.15, 0.2) is 0 Å². The fourth-order valence-corrected chi connectivity index (χ4v) is 2.24. The number of halogens is 1. The Bertz CT molecular complexity index is 459. The highest BCUT2D eigenvalue weighted by atomic mass is 19.1. The molecule has 1 aromatic rings. The van der Waals surface area contributed by atoms with Crippen molar-refractivity contribution in [2.24, 2.45) is 5.92 Å². The van der Waals surface area contributed by atoms with Crippen LogP contribution in [0.5, 0.6) is 0 Å². The predicted octanol–water partition coefficient (Wildman–Crippen LogP) is 2.60. The highest BCUT2D eigenvalue weighted by Crippen LogP contribution is 2.28. The highest BCUT2D eigenvalue weighted by molar-refractivity contribution is 5.79. The summed E-state index contributed by atoms with van der Waals surface area (Å²) >= 11 is 0. The third-order valence-corrected chi connectivity index (χ3v) is 3.97. The second-order valence-corrected chi connectivity index (χ2v) is 5.26. The van der Waals surface area contributed by atoms with Gasteiger partial charge in [-0.15, -0.1) is 0 Å². The summed E-state index contributed by atoms with van der Waals surface area (Å²) in [5.41, 5.74) is -0.378. The summed E-state index contributed by atoms with van der Waals surface area (Å²) in [5, 5.41) is 2.87. The van der Waals surface area contributed by atoms with Gasteiger partial charge in [0.25, 0.3) is 0 Å². The number of amides is 1. The van der Waals surface area contributed by atoms with E-state index in [-0.39, 0.29) is 24.2 Å². The van der Waals surface area contributed by atoms with Crippen LogP contribution in [0.4, 0.5) is 4.39 Å². The Balaban J connectivity index is 2.05. The van der Waals surface area contributed by atoms with Gasteiger partial charge in [0.1, 0.15) is 11.4 Å². The quantitative estimate of drug-likeness (QED) is 0.888. The zero-order valence-electron chi connectivity index (χ0n) is 11.4. The molecule has 2 rings (SSSR count). The Morgan fingerprint density at radius 2 is 2.16 bits per heavy atom. The van der Waals surface area contributed by atoms with E-state index in [4.69, 9.17) is 4.74 Å². The molecule has 0 spiro atoms. The summed E-state index contributed by atoms with van der Waals surface area (Å²) in [7, 11) is 1.53. The molecule has 0 aliphatic heterocycles. The molecule has 0 heterocycles. The third kappa shape index (κ3) is 2.95. The van der Waals surface area contributed by atoms with E-state index in [1.807, 2.05) is 0 Å². The van der Waals surface area contributed by atoms with Gasteiger partial charge in [-0.2, -0.15) is 0 Å². The molecule has 0 radical (unpaired) electrons. The Labute approximate surface area is 113 Å². The van der Waals surface area contributed by atoms with E-state index >= 15 is 0 Å². The lowest BCUT2D eigenvalue weighted by Crippen LogP contribution is -2.44. The number of ether oxygens (including phenoxy) is 1. The van der Waals surface area contributed by atoms with E-state index < -0.39 is 5.60 Å². The summed E-state index contributed by atoms with van der Waals surface area (Å²) in [5.74, 6) is -0.141. The van der Waals surface area contributed by atoms with Crippen molar-refractivity contribution in [2.45, 2.75) is 31.8 Å². The van der Waals surface area contributed by atoms with Crippen molar-refractivity contribution in [3.8, 4) is 0 Å². The van der Waals surface area contributed by atoms with Gasteiger partial charge in [0.05, 0.1) is 6.54 Å². The van der Waals surface area contributed by atoms with Crippen LogP contribution in [0.2, 0.25) is 0 Å². The summed E-state index contributed by atoms with van der Waals surface area (Å²) in [6, 6.07) is 6.50. The van der Waals surface area contributed by atoms with Crippen LogP contribution in [0.3, 0.4) is 0 Å². The largest absolute Gasteiger partial charge is 0.372 e. The summed E-state index contributed by atoms with van der Waals surface area (Å²) in [6.45, 7) is 2.06. The predicted molar refractivity (Wildman–Crippen MR) is 71.1 cm³/mol. The number of rotatable bonds is 5. The smallest absolute Gasteiger partial charge is 0.223 e. The minimum Gasteiger partial charge on any atom is -0.372 e. The van der Waals surface area contributed by atoms with Crippen molar-refractivity contribution >= 4 is 5.91 Å². The fraction of sp³-hybridized carbons (Fsp3) is 0.533. The normalized spacial score (nSPS) is 18.5. The van der Waals surface area contributed by atoms with E-state index in [9.17, 15) is 9.18 Å². The molecule has 1 fully saturated rings. The molecule has 0 unspecified atom stereocenters. The Hall–Kier alpha value is -1.42. The Morgan fingerprint density at radius 1 is 1.47 bits per heavy atom. The number of benzene rings is 1. The van der Waals surface area contributed by atoms with E-state index in [1.165, 1.54) is 13.2 Å². The zero-order chi connectivity index (χ0) is 13.9. The van der Waals surface area contributed by atoms with E-state index in [2.05, 4.69) is 5.32 Å². The monoisotopic (exact) mass is 265 g/mol. The molecule has 1 aliphatic rings. The lowest BCUT2D eigenvalue weighted by molar-refractivity contribution is -0.129. The van der Waals surface area contributed by atoms with Gasteiger partial charge in [-0.25, -0.2) is 4.39 Å². The molecule has 3 nitrogen and oxygen atoms in total. The summed E-state index contributed by atoms with van der Waals surface area (Å²) in [4.78, 5) is 11.8. The first-order chi connectivity index (χ1) is 9.07. The standard InChI is InChI=1S/C15H20FNO2/c1-15(19-2,12-8-3-4-9-13(12)16)10-17-14(18)11-6-5-7-11/h3-4,8-9,11H,5-7,10H2,1-2H3,(H,17,18)/t15-/m0/s1. The second kappa shape index (κ2) is 5.70. The van der Waals surface area contributed by atoms with Crippen LogP contribution < -0.4 is 5.32 Å². The van der Waals surface area contributed by atoms with Crippen molar-refractivity contribution in [3.05, 3.63) is 35.6 Å². The molecule has 1 N–H and O–H groups in total. The van der Waals surface area contributed by atoms with Gasteiger partial charge in [-0.3, -0.25) is 4.79 Å². The molecule has 1 amide bonds. The van der Waals surface area contributed by atoms with E-state index in [0.29, 0.717) is 5.56 Å². The van der Waals surface area contributed by atoms with Gasteiger partial charge >= 0.3 is 0 Å². The lowest BCUT2D eigenvalue weighted by atomic mass is 9.84. The molecule has 0 saturated heterocycles. The molecule has 19 heavy (non-hydrogen) atoms. The van der Waals surface area contributed by atoms with Gasteiger partial charge in [-0.05, 0) is 25.8 Å². The number of carbonyl (C=O) groups excluding carboxylic acids is 1. The molecule has 0 aromatic heterocycles. The number of hydrogen-bond acceptors (Lipinski definition) is 2. The maximum absolute atomic E-state index is 13.8. The number of carbonyl (C=O) groups is 1. The average Bonchev–Trinajstić information content (AvgIpc) is 2.34. The number of nitrogens with one attached hydrogen (secondary N) is 1. The Kier molecular flexibility index (Phi) is 4.20. The molecule has 1 atom stereocenters. The summed E-state index contributed by atoms with van der Waals surface area (Å²) in [6.07, 6.45) is 3.03. The molecular weight excluding hydrogens is 245 g/mol. The highest BCUT2D eigenvalue weighted by Gasteiger charge is 2.32. The van der Waals surface area contributed by atoms with Crippen LogP contribution in [0, 0.1) is 11.7 Å². The molecule has 1 aliphatic carbocycles. The van der Waals surface area contributed by atoms with Crippen LogP contribution in [-0.2, 0) is 15.1 Å². The minimum atomic E-state index is -0.843. The average molecular weight is 265 g/mol. The molecule has 1 aromatic carbocycles. The maximum atomic E-state index is 13.8. The van der Waals surface area contributed by atoms with Crippen molar-refractivity contribution < 1.29 is 13.9 Å². The second-order valence-electron chi connectivity index (χ2n) is 5.26. The van der Waals surface area contributed by atoms with E-state index in [0.717, 1.165) is 19.3 Å². The van der Waals surface area contributed by atoms with Crippen molar-refractivity contribution in [3.63, 3.8) is 0 Å². The topological polar surface area (TPSA) is 38.3 Å². The molecule has 104 valence electrons. The van der Waals surface area contributed by atoms with Gasteiger partial charge in [-0.1, -0.05) is 24.6 Å². The lowest BCUT2D eigenvalue weighted by Gasteiger charge is -2.31. The van der Waals surface area contributed by atoms with Crippen molar-refractivity contribution in [1.82, 2.24) is 5.32 Å². The van der Waals surface area contributed by atoms with E-state index in [1.54, 1.807) is 25.1 Å². The molecule has 0 bridgehead atoms. The Morgan fingerprint density at radius 3 is 2.68 bits per heavy atom. The summed E-state index contributed by atoms with van der Waals surface area (Å²) < 4.78 is 19.3. The van der Waals surface area contributed by atoms with Crippen molar-refractivity contribution in [2.75, 3.05) is 13.7 Å². The first-order valence-electron chi connectivity index (χ1n) is 6.65. The maximum Gasteiger partial charge on any atom is 0.223 e. The van der Waals surface area contributed by atoms with Crippen LogP contribution in [-0.4, -0.2) is 19.6 Å². The first kappa shape index (κ1) is 14.0. The third-order valence-electron chi connectivity index (χ3n) is 3.97. The molecular formula is C15H20FNO2.